The summed E-state index contributed by atoms with van der Waals surface area (Å²) in [6, 6.07) is 0. The van der Waals surface area contributed by atoms with Gasteiger partial charge in [0, 0.05) is 12.0 Å². The van der Waals surface area contributed by atoms with E-state index in [0.29, 0.717) is 18.6 Å². The fourth-order valence-electron chi connectivity index (χ4n) is 2.40. The molecule has 0 bridgehead atoms. The molecule has 2 N–H and O–H groups in total. The zero-order valence-corrected chi connectivity index (χ0v) is 11.1. The Hall–Kier alpha value is -1.71. The van der Waals surface area contributed by atoms with Gasteiger partial charge in [-0.05, 0) is 50.8 Å². The summed E-state index contributed by atoms with van der Waals surface area (Å²) in [7, 11) is 0. The quantitative estimate of drug-likeness (QED) is 0.805. The number of carbonyl (C=O) groups is 1. The molecule has 0 aromatic heterocycles. The lowest BCUT2D eigenvalue weighted by atomic mass is 9.90. The maximum absolute atomic E-state index is 11.3. The highest BCUT2D eigenvalue weighted by Crippen LogP contribution is 2.43. The molecule has 4 heteroatoms. The van der Waals surface area contributed by atoms with Crippen molar-refractivity contribution >= 4 is 5.97 Å². The molecule has 0 fully saturated rings. The summed E-state index contributed by atoms with van der Waals surface area (Å²) in [6.45, 7) is 7.09. The van der Waals surface area contributed by atoms with E-state index < -0.39 is 11.6 Å². The summed E-state index contributed by atoms with van der Waals surface area (Å²) in [5.41, 5.74) is 2.11. The summed E-state index contributed by atoms with van der Waals surface area (Å²) in [5.74, 6) is -0.0383. The molecule has 4 nitrogen and oxygen atoms in total. The van der Waals surface area contributed by atoms with E-state index in [9.17, 15) is 15.0 Å². The third-order valence-electron chi connectivity index (χ3n) is 3.97. The standard InChI is InChI=1S/C14H18O4/c1-7-8(2)12-10(9(3)11(7)15)5-6-14(4,18-12)13(16)17/h15H,5-6H2,1-4H3,(H,16,17)/i13+2. The highest BCUT2D eigenvalue weighted by Gasteiger charge is 2.40. The average molecular weight is 252 g/mol. The summed E-state index contributed by atoms with van der Waals surface area (Å²) in [4.78, 5) is 11.3. The van der Waals surface area contributed by atoms with Crippen molar-refractivity contribution in [1.29, 1.82) is 0 Å². The SMILES string of the molecule is Cc1c(C)c2c(c(C)c1O)CCC(C)([14C](=O)O)O2. The minimum Gasteiger partial charge on any atom is -0.507 e. The maximum atomic E-state index is 11.3. The largest absolute Gasteiger partial charge is 0.507 e. The zero-order valence-electron chi connectivity index (χ0n) is 11.1. The number of ether oxygens (including phenoxy) is 1. The van der Waals surface area contributed by atoms with E-state index in [2.05, 4.69) is 0 Å². The summed E-state index contributed by atoms with van der Waals surface area (Å²) in [5, 5.41) is 19.2. The molecule has 0 spiro atoms. The molecule has 1 atom stereocenters. The first-order chi connectivity index (χ1) is 8.28. The number of carboxylic acids is 1. The number of aromatic hydroxyl groups is 1. The van der Waals surface area contributed by atoms with Gasteiger partial charge in [-0.2, -0.15) is 0 Å². The molecule has 1 aromatic rings. The second kappa shape index (κ2) is 3.90. The van der Waals surface area contributed by atoms with Gasteiger partial charge in [0.15, 0.2) is 0 Å². The van der Waals surface area contributed by atoms with Crippen molar-refractivity contribution in [3.63, 3.8) is 0 Å². The molecule has 0 saturated heterocycles. The van der Waals surface area contributed by atoms with Crippen molar-refractivity contribution in [1.82, 2.24) is 0 Å². The predicted molar refractivity (Wildman–Crippen MR) is 67.3 cm³/mol. The van der Waals surface area contributed by atoms with Gasteiger partial charge >= 0.3 is 5.97 Å². The average Bonchev–Trinajstić information content (AvgIpc) is 2.33. The van der Waals surface area contributed by atoms with Crippen LogP contribution in [0, 0.1) is 20.8 Å². The van der Waals surface area contributed by atoms with Crippen LogP contribution in [-0.4, -0.2) is 21.8 Å². The van der Waals surface area contributed by atoms with Gasteiger partial charge in [-0.15, -0.1) is 0 Å². The Morgan fingerprint density at radius 3 is 2.39 bits per heavy atom. The lowest BCUT2D eigenvalue weighted by molar-refractivity contribution is -0.155. The van der Waals surface area contributed by atoms with E-state index >= 15 is 0 Å². The van der Waals surface area contributed by atoms with Crippen LogP contribution in [0.2, 0.25) is 0 Å². The Morgan fingerprint density at radius 2 is 1.83 bits per heavy atom. The van der Waals surface area contributed by atoms with Gasteiger partial charge in [-0.25, -0.2) is 4.79 Å². The number of fused-ring (bicyclic) bond motifs is 1. The van der Waals surface area contributed by atoms with E-state index in [4.69, 9.17) is 4.74 Å². The number of rotatable bonds is 1. The van der Waals surface area contributed by atoms with Crippen LogP contribution in [0.3, 0.4) is 0 Å². The highest BCUT2D eigenvalue weighted by atomic mass is 16.7. The molecule has 1 aliphatic rings. The number of hydrogen-bond acceptors (Lipinski definition) is 3. The molecule has 0 amide bonds. The molecular weight excluding hydrogens is 234 g/mol. The van der Waals surface area contributed by atoms with Gasteiger partial charge in [0.05, 0.1) is 0 Å². The van der Waals surface area contributed by atoms with Gasteiger partial charge in [-0.3, -0.25) is 0 Å². The fourth-order valence-corrected chi connectivity index (χ4v) is 2.40. The Balaban J connectivity index is 2.61. The first kappa shape index (κ1) is 12.7. The molecule has 0 radical (unpaired) electrons. The summed E-state index contributed by atoms with van der Waals surface area (Å²) in [6.07, 6.45) is 1.02. The van der Waals surface area contributed by atoms with Crippen molar-refractivity contribution < 1.29 is 19.7 Å². The minimum absolute atomic E-state index is 0.286. The fraction of sp³-hybridized carbons (Fsp3) is 0.500. The minimum atomic E-state index is -1.17. The molecule has 1 unspecified atom stereocenters. The summed E-state index contributed by atoms with van der Waals surface area (Å²) >= 11 is 0. The predicted octanol–water partition coefficient (Wildman–Crippen LogP) is 2.49. The van der Waals surface area contributed by atoms with Crippen LogP contribution in [-0.2, 0) is 11.2 Å². The van der Waals surface area contributed by atoms with Crippen LogP contribution >= 0.6 is 0 Å². The molecule has 0 aliphatic carbocycles. The van der Waals surface area contributed by atoms with Crippen LogP contribution in [0.5, 0.6) is 11.5 Å². The van der Waals surface area contributed by atoms with Crippen LogP contribution in [0.4, 0.5) is 0 Å². The van der Waals surface area contributed by atoms with E-state index in [1.165, 1.54) is 0 Å². The van der Waals surface area contributed by atoms with Gasteiger partial charge in [0.1, 0.15) is 11.5 Å². The Kier molecular flexibility index (Phi) is 2.76. The van der Waals surface area contributed by atoms with E-state index in [-0.39, 0.29) is 5.75 Å². The van der Waals surface area contributed by atoms with Crippen molar-refractivity contribution in [3.8, 4) is 11.5 Å². The third kappa shape index (κ3) is 1.64. The van der Waals surface area contributed by atoms with Crippen LogP contribution in [0.25, 0.3) is 0 Å². The molecule has 98 valence electrons. The normalized spacial score (nSPS) is 22.2. The number of carboxylic acid groups (broad SMARTS) is 1. The van der Waals surface area contributed by atoms with Crippen LogP contribution in [0.1, 0.15) is 35.6 Å². The smallest absolute Gasteiger partial charge is 0.347 e. The third-order valence-corrected chi connectivity index (χ3v) is 3.97. The number of hydrogen-bond donors (Lipinski definition) is 2. The van der Waals surface area contributed by atoms with E-state index in [0.717, 1.165) is 22.3 Å². The lowest BCUT2D eigenvalue weighted by Crippen LogP contribution is -2.44. The van der Waals surface area contributed by atoms with Crippen molar-refractivity contribution in [3.05, 3.63) is 22.3 Å². The zero-order chi connectivity index (χ0) is 13.7. The van der Waals surface area contributed by atoms with Gasteiger partial charge in [0.2, 0.25) is 5.60 Å². The molecular formula is C14H18O4. The Morgan fingerprint density at radius 1 is 1.22 bits per heavy atom. The second-order valence-electron chi connectivity index (χ2n) is 5.17. The topological polar surface area (TPSA) is 66.8 Å². The number of phenols is 1. The van der Waals surface area contributed by atoms with Crippen molar-refractivity contribution in [2.75, 3.05) is 0 Å². The first-order valence-electron chi connectivity index (χ1n) is 6.02. The van der Waals surface area contributed by atoms with Gasteiger partial charge in [0.25, 0.3) is 0 Å². The van der Waals surface area contributed by atoms with Crippen molar-refractivity contribution in [2.24, 2.45) is 0 Å². The Bertz CT molecular complexity index is 533. The van der Waals surface area contributed by atoms with Crippen LogP contribution < -0.4 is 4.74 Å². The monoisotopic (exact) mass is 252 g/mol. The maximum Gasteiger partial charge on any atom is 0.347 e. The molecule has 1 heterocycles. The molecule has 0 saturated carbocycles. The van der Waals surface area contributed by atoms with Gasteiger partial charge in [-0.1, -0.05) is 0 Å². The lowest BCUT2D eigenvalue weighted by Gasteiger charge is -2.34. The second-order valence-corrected chi connectivity index (χ2v) is 5.17. The first-order valence-corrected chi connectivity index (χ1v) is 6.02. The molecule has 2 rings (SSSR count). The molecule has 1 aliphatic heterocycles. The van der Waals surface area contributed by atoms with Gasteiger partial charge < -0.3 is 14.9 Å². The van der Waals surface area contributed by atoms with Crippen LogP contribution in [0.15, 0.2) is 0 Å². The number of benzene rings is 1. The van der Waals surface area contributed by atoms with Crippen molar-refractivity contribution in [2.45, 2.75) is 46.1 Å². The summed E-state index contributed by atoms with van der Waals surface area (Å²) < 4.78 is 5.72. The number of phenolic OH excluding ortho intramolecular Hbond substituents is 1. The van der Waals surface area contributed by atoms with E-state index in [1.807, 2.05) is 20.8 Å². The van der Waals surface area contributed by atoms with E-state index in [1.54, 1.807) is 6.92 Å². The molecule has 1 aromatic carbocycles. The number of aliphatic carboxylic acids is 1. The molecule has 18 heavy (non-hydrogen) atoms. The Labute approximate surface area is 106 Å². The highest BCUT2D eigenvalue weighted by molar-refractivity contribution is 5.78.